The molecule has 1 unspecified atom stereocenters. The minimum atomic E-state index is -0.434. The van der Waals surface area contributed by atoms with Crippen LogP contribution in [0.1, 0.15) is 29.6 Å². The molecule has 1 aromatic carbocycles. The summed E-state index contributed by atoms with van der Waals surface area (Å²) in [4.78, 5) is 26.3. The predicted molar refractivity (Wildman–Crippen MR) is 92.4 cm³/mol. The number of carbonyl (C=O) groups is 2. The van der Waals surface area contributed by atoms with Crippen LogP contribution in [0.2, 0.25) is 0 Å². The maximum atomic E-state index is 12.9. The van der Waals surface area contributed by atoms with E-state index in [0.29, 0.717) is 30.5 Å². The number of benzene rings is 1. The molecule has 1 aromatic rings. The second-order valence-electron chi connectivity index (χ2n) is 7.23. The summed E-state index contributed by atoms with van der Waals surface area (Å²) < 4.78 is 6.07. The van der Waals surface area contributed by atoms with Gasteiger partial charge in [-0.3, -0.25) is 9.59 Å². The van der Waals surface area contributed by atoms with Crippen LogP contribution in [-0.2, 0) is 9.53 Å². The van der Waals surface area contributed by atoms with Gasteiger partial charge in [-0.05, 0) is 55.4 Å². The molecule has 3 aliphatic rings. The fraction of sp³-hybridized carbons (Fsp3) is 0.474. The van der Waals surface area contributed by atoms with Crippen molar-refractivity contribution in [3.05, 3.63) is 36.4 Å². The number of fused-ring (bicyclic) bond motifs is 2. The number of amides is 2. The van der Waals surface area contributed by atoms with Crippen LogP contribution in [0.5, 0.6) is 5.75 Å². The summed E-state index contributed by atoms with van der Waals surface area (Å²) in [5.74, 6) is 0.674. The van der Waals surface area contributed by atoms with Crippen molar-refractivity contribution >= 4 is 17.5 Å². The molecule has 2 heterocycles. The number of hydrogen-bond donors (Lipinski definition) is 2. The highest BCUT2D eigenvalue weighted by Gasteiger charge is 2.60. The third-order valence-corrected chi connectivity index (χ3v) is 5.64. The number of ether oxygens (including phenoxy) is 1. The van der Waals surface area contributed by atoms with E-state index in [1.807, 2.05) is 4.90 Å². The zero-order chi connectivity index (χ0) is 17.6. The number of nitrogens with one attached hydrogen (secondary N) is 1. The quantitative estimate of drug-likeness (QED) is 0.652. The van der Waals surface area contributed by atoms with E-state index < -0.39 is 5.91 Å². The Labute approximate surface area is 146 Å². The van der Waals surface area contributed by atoms with Crippen molar-refractivity contribution < 1.29 is 19.4 Å². The molecule has 25 heavy (non-hydrogen) atoms. The van der Waals surface area contributed by atoms with Gasteiger partial charge in [-0.15, -0.1) is 0 Å². The van der Waals surface area contributed by atoms with Gasteiger partial charge in [0.05, 0.1) is 24.4 Å². The zero-order valence-corrected chi connectivity index (χ0v) is 14.0. The van der Waals surface area contributed by atoms with Crippen LogP contribution in [-0.4, -0.2) is 47.1 Å². The number of phenolic OH excluding ortho intramolecular Hbond substituents is 1. The lowest BCUT2D eigenvalue weighted by Gasteiger charge is -2.41. The summed E-state index contributed by atoms with van der Waals surface area (Å²) in [6, 6.07) is 4.52. The SMILES string of the molecule is C=CC(=O)Nc1cc(C(=O)N2CCCC3(C2)OC[C@@H]2C[C@@H]23)ccc1O. The first kappa shape index (κ1) is 16.1. The Morgan fingerprint density at radius 2 is 2.28 bits per heavy atom. The molecule has 132 valence electrons. The molecule has 1 aliphatic carbocycles. The van der Waals surface area contributed by atoms with E-state index in [-0.39, 0.29) is 22.9 Å². The Kier molecular flexibility index (Phi) is 3.80. The first-order valence-electron chi connectivity index (χ1n) is 8.72. The molecule has 2 aliphatic heterocycles. The molecular formula is C19H22N2O4. The van der Waals surface area contributed by atoms with Crippen molar-refractivity contribution in [3.8, 4) is 5.75 Å². The number of likely N-dealkylation sites (tertiary alicyclic amines) is 1. The van der Waals surface area contributed by atoms with Crippen LogP contribution in [0.25, 0.3) is 0 Å². The van der Waals surface area contributed by atoms with Crippen molar-refractivity contribution in [1.29, 1.82) is 0 Å². The average Bonchev–Trinajstić information content (AvgIpc) is 3.35. The third kappa shape index (κ3) is 2.80. The Morgan fingerprint density at radius 3 is 2.96 bits per heavy atom. The number of phenols is 1. The topological polar surface area (TPSA) is 78.9 Å². The Morgan fingerprint density at radius 1 is 1.44 bits per heavy atom. The number of nitrogens with zero attached hydrogens (tertiary/aromatic N) is 1. The summed E-state index contributed by atoms with van der Waals surface area (Å²) in [6.45, 7) is 5.54. The van der Waals surface area contributed by atoms with Gasteiger partial charge >= 0.3 is 0 Å². The minimum Gasteiger partial charge on any atom is -0.506 e. The summed E-state index contributed by atoms with van der Waals surface area (Å²) >= 11 is 0. The standard InChI is InChI=1S/C19H22N2O4/c1-2-17(23)20-15-9-12(4-5-16(15)22)18(24)21-7-3-6-19(11-21)14-8-13(14)10-25-19/h2,4-5,9,13-14,22H,1,3,6-8,10-11H2,(H,20,23)/t13-,14-,19?/m0/s1. The van der Waals surface area contributed by atoms with Gasteiger partial charge in [-0.2, -0.15) is 0 Å². The number of carbonyl (C=O) groups excluding carboxylic acids is 2. The summed E-state index contributed by atoms with van der Waals surface area (Å²) in [5, 5.41) is 12.4. The molecule has 1 saturated carbocycles. The fourth-order valence-corrected chi connectivity index (χ4v) is 4.24. The summed E-state index contributed by atoms with van der Waals surface area (Å²) in [5.41, 5.74) is 0.497. The normalized spacial score (nSPS) is 30.0. The number of aromatic hydroxyl groups is 1. The van der Waals surface area contributed by atoms with Crippen LogP contribution < -0.4 is 5.32 Å². The smallest absolute Gasteiger partial charge is 0.254 e. The molecule has 4 rings (SSSR count). The van der Waals surface area contributed by atoms with Crippen molar-refractivity contribution in [2.75, 3.05) is 25.0 Å². The summed E-state index contributed by atoms with van der Waals surface area (Å²) in [6.07, 6.45) is 4.30. The number of piperidine rings is 1. The molecule has 0 radical (unpaired) electrons. The monoisotopic (exact) mass is 342 g/mol. The molecule has 0 aromatic heterocycles. The predicted octanol–water partition coefficient (Wildman–Crippen LogP) is 2.16. The number of hydrogen-bond acceptors (Lipinski definition) is 4. The van der Waals surface area contributed by atoms with Crippen LogP contribution in [0, 0.1) is 11.8 Å². The zero-order valence-electron chi connectivity index (χ0n) is 14.0. The van der Waals surface area contributed by atoms with Gasteiger partial charge in [0.25, 0.3) is 5.91 Å². The van der Waals surface area contributed by atoms with E-state index in [0.717, 1.165) is 25.5 Å². The van der Waals surface area contributed by atoms with Gasteiger partial charge in [0.15, 0.2) is 0 Å². The Balaban J connectivity index is 1.53. The van der Waals surface area contributed by atoms with Gasteiger partial charge in [0, 0.05) is 12.1 Å². The highest BCUT2D eigenvalue weighted by molar-refractivity contribution is 6.02. The van der Waals surface area contributed by atoms with E-state index in [1.165, 1.54) is 18.6 Å². The van der Waals surface area contributed by atoms with Crippen LogP contribution in [0.4, 0.5) is 5.69 Å². The van der Waals surface area contributed by atoms with Crippen LogP contribution >= 0.6 is 0 Å². The van der Waals surface area contributed by atoms with E-state index >= 15 is 0 Å². The van der Waals surface area contributed by atoms with Crippen molar-refractivity contribution in [3.63, 3.8) is 0 Å². The molecule has 0 bridgehead atoms. The molecule has 6 heteroatoms. The molecular weight excluding hydrogens is 320 g/mol. The second-order valence-corrected chi connectivity index (χ2v) is 7.23. The molecule has 6 nitrogen and oxygen atoms in total. The molecule has 2 saturated heterocycles. The van der Waals surface area contributed by atoms with Crippen molar-refractivity contribution in [1.82, 2.24) is 4.90 Å². The second kappa shape index (κ2) is 5.88. The molecule has 2 amide bonds. The Bertz CT molecular complexity index is 747. The van der Waals surface area contributed by atoms with Crippen molar-refractivity contribution in [2.45, 2.75) is 24.9 Å². The third-order valence-electron chi connectivity index (χ3n) is 5.64. The van der Waals surface area contributed by atoms with E-state index in [1.54, 1.807) is 6.07 Å². The Hall–Kier alpha value is -2.34. The van der Waals surface area contributed by atoms with E-state index in [4.69, 9.17) is 4.74 Å². The lowest BCUT2D eigenvalue weighted by Crippen LogP contribution is -2.51. The largest absolute Gasteiger partial charge is 0.506 e. The number of anilines is 1. The van der Waals surface area contributed by atoms with E-state index in [2.05, 4.69) is 11.9 Å². The van der Waals surface area contributed by atoms with Gasteiger partial charge < -0.3 is 20.1 Å². The molecule has 3 atom stereocenters. The van der Waals surface area contributed by atoms with E-state index in [9.17, 15) is 14.7 Å². The lowest BCUT2D eigenvalue weighted by atomic mass is 9.87. The molecule has 2 N–H and O–H groups in total. The maximum absolute atomic E-state index is 12.9. The van der Waals surface area contributed by atoms with Gasteiger partial charge in [0.2, 0.25) is 5.91 Å². The number of rotatable bonds is 3. The average molecular weight is 342 g/mol. The fourth-order valence-electron chi connectivity index (χ4n) is 4.24. The first-order valence-corrected chi connectivity index (χ1v) is 8.72. The highest BCUT2D eigenvalue weighted by Crippen LogP contribution is 2.57. The highest BCUT2D eigenvalue weighted by atomic mass is 16.5. The molecule has 1 spiro atoms. The molecule has 3 fully saturated rings. The van der Waals surface area contributed by atoms with Crippen molar-refractivity contribution in [2.24, 2.45) is 11.8 Å². The summed E-state index contributed by atoms with van der Waals surface area (Å²) in [7, 11) is 0. The first-order chi connectivity index (χ1) is 12.0. The van der Waals surface area contributed by atoms with Gasteiger partial charge in [0.1, 0.15) is 5.75 Å². The lowest BCUT2D eigenvalue weighted by molar-refractivity contribution is -0.111. The van der Waals surface area contributed by atoms with Crippen LogP contribution in [0.3, 0.4) is 0 Å². The minimum absolute atomic E-state index is 0.0817. The van der Waals surface area contributed by atoms with Gasteiger partial charge in [-0.1, -0.05) is 6.58 Å². The maximum Gasteiger partial charge on any atom is 0.254 e. The van der Waals surface area contributed by atoms with Crippen LogP contribution in [0.15, 0.2) is 30.9 Å². The van der Waals surface area contributed by atoms with Gasteiger partial charge in [-0.25, -0.2) is 0 Å².